The lowest BCUT2D eigenvalue weighted by atomic mass is 10.2. The predicted molar refractivity (Wildman–Crippen MR) is 84.2 cm³/mol. The van der Waals surface area contributed by atoms with Gasteiger partial charge in [-0.25, -0.2) is 4.99 Å². The number of pyridine rings is 1. The number of nitrogens with zero attached hydrogens (tertiary/aromatic N) is 2. The van der Waals surface area contributed by atoms with Crippen molar-refractivity contribution in [2.75, 3.05) is 0 Å². The fourth-order valence-corrected chi connectivity index (χ4v) is 2.93. The minimum atomic E-state index is -4.59. The molecule has 0 aliphatic carbocycles. The van der Waals surface area contributed by atoms with Crippen molar-refractivity contribution in [3.63, 3.8) is 0 Å². The van der Waals surface area contributed by atoms with Gasteiger partial charge in [0.2, 0.25) is 0 Å². The van der Waals surface area contributed by atoms with Crippen LogP contribution in [0.5, 0.6) is 5.75 Å². The van der Waals surface area contributed by atoms with E-state index in [1.54, 1.807) is 30.3 Å². The molecule has 0 spiro atoms. The fourth-order valence-electron chi connectivity index (χ4n) is 1.99. The van der Waals surface area contributed by atoms with Gasteiger partial charge in [-0.15, -0.1) is 0 Å². The normalized spacial score (nSPS) is 12.0. The quantitative estimate of drug-likeness (QED) is 0.714. The predicted octanol–water partition coefficient (Wildman–Crippen LogP) is 2.76. The van der Waals surface area contributed by atoms with Crippen LogP contribution in [0.15, 0.2) is 48.7 Å². The number of alkyl halides is 3. The van der Waals surface area contributed by atoms with Crippen molar-refractivity contribution in [3.8, 4) is 16.3 Å². The molecule has 0 atom stereocenters. The Morgan fingerprint density at radius 2 is 1.83 bits per heavy atom. The third-order valence-corrected chi connectivity index (χ3v) is 4.09. The van der Waals surface area contributed by atoms with E-state index in [1.807, 2.05) is 0 Å². The van der Waals surface area contributed by atoms with Crippen molar-refractivity contribution in [1.29, 1.82) is 0 Å². The molecule has 0 aliphatic heterocycles. The van der Waals surface area contributed by atoms with E-state index < -0.39 is 11.9 Å². The summed E-state index contributed by atoms with van der Waals surface area (Å²) in [6.07, 6.45) is -1.76. The van der Waals surface area contributed by atoms with E-state index in [2.05, 4.69) is 15.0 Å². The highest BCUT2D eigenvalue weighted by atomic mass is 32.1. The van der Waals surface area contributed by atoms with Gasteiger partial charge in [-0.2, -0.15) is 13.2 Å². The molecule has 0 aliphatic rings. The summed E-state index contributed by atoms with van der Waals surface area (Å²) >= 11 is 0.847. The van der Waals surface area contributed by atoms with Crippen LogP contribution in [0.25, 0.3) is 10.6 Å². The van der Waals surface area contributed by atoms with Gasteiger partial charge in [0.1, 0.15) is 10.6 Å². The first kappa shape index (κ1) is 16.1. The molecule has 2 N–H and O–H groups in total. The van der Waals surface area contributed by atoms with E-state index in [9.17, 15) is 18.3 Å². The minimum Gasteiger partial charge on any atom is -0.507 e. The summed E-state index contributed by atoms with van der Waals surface area (Å²) in [5.74, 6) is 0.0163. The maximum atomic E-state index is 13.2. The number of aromatic nitrogens is 2. The Morgan fingerprint density at radius 1 is 1.08 bits per heavy atom. The van der Waals surface area contributed by atoms with Crippen molar-refractivity contribution < 1.29 is 23.3 Å². The smallest absolute Gasteiger partial charge is 0.459 e. The molecule has 2 heterocycles. The zero-order valence-corrected chi connectivity index (χ0v) is 12.9. The molecule has 3 aromatic rings. The van der Waals surface area contributed by atoms with Crippen molar-refractivity contribution in [2.24, 2.45) is 0 Å². The molecule has 0 fully saturated rings. The van der Waals surface area contributed by atoms with Crippen molar-refractivity contribution in [3.05, 3.63) is 59.9 Å². The number of rotatable bonds is 3. The summed E-state index contributed by atoms with van der Waals surface area (Å²) in [6.45, 7) is 0. The Labute approximate surface area is 139 Å². The number of hydrogen-bond acceptors (Lipinski definition) is 4. The standard InChI is InChI=1S/C16H10F3N3OS/c17-16(18,19)14-13(11-6-3-4-8-20-11)24-15(22-14)21-9-10-5-1-2-7-12(10)23/h1-9,23H/p+1/b21-9+. The van der Waals surface area contributed by atoms with Crippen LogP contribution >= 0.6 is 11.3 Å². The summed E-state index contributed by atoms with van der Waals surface area (Å²) in [5, 5.41) is 9.74. The Kier molecular flexibility index (Phi) is 4.30. The first-order chi connectivity index (χ1) is 11.4. The SMILES string of the molecule is Oc1ccccc1/C=[NH+]/c1nc(C(F)(F)F)c(-c2ccccn2)s1. The van der Waals surface area contributed by atoms with E-state index in [1.165, 1.54) is 24.5 Å². The number of phenols is 1. The Bertz CT molecular complexity index is 876. The number of nitrogens with one attached hydrogen (secondary N) is 1. The van der Waals surface area contributed by atoms with Gasteiger partial charge in [-0.05, 0) is 40.6 Å². The van der Waals surface area contributed by atoms with Crippen molar-refractivity contribution >= 4 is 22.7 Å². The van der Waals surface area contributed by atoms with E-state index >= 15 is 0 Å². The summed E-state index contributed by atoms with van der Waals surface area (Å²) in [4.78, 5) is 10.2. The molecule has 0 unspecified atom stereocenters. The minimum absolute atomic E-state index is 0.0163. The zero-order chi connectivity index (χ0) is 17.2. The molecule has 3 rings (SSSR count). The van der Waals surface area contributed by atoms with E-state index in [-0.39, 0.29) is 21.5 Å². The average Bonchev–Trinajstić information content (AvgIpc) is 3.00. The molecule has 24 heavy (non-hydrogen) atoms. The van der Waals surface area contributed by atoms with Crippen LogP contribution in [0.2, 0.25) is 0 Å². The topological polar surface area (TPSA) is 60.0 Å². The number of para-hydroxylation sites is 1. The summed E-state index contributed by atoms with van der Waals surface area (Å²) in [5.41, 5.74) is -0.335. The van der Waals surface area contributed by atoms with Crippen LogP contribution in [0.1, 0.15) is 11.3 Å². The van der Waals surface area contributed by atoms with Gasteiger partial charge in [0.05, 0.1) is 17.5 Å². The Morgan fingerprint density at radius 3 is 2.50 bits per heavy atom. The van der Waals surface area contributed by atoms with E-state index in [0.717, 1.165) is 11.3 Å². The molecular formula is C16H11F3N3OS+. The van der Waals surface area contributed by atoms with Crippen LogP contribution in [-0.4, -0.2) is 21.3 Å². The molecule has 0 amide bonds. The summed E-state index contributed by atoms with van der Waals surface area (Å²) in [7, 11) is 0. The second-order valence-corrected chi connectivity index (χ2v) is 5.76. The van der Waals surface area contributed by atoms with Gasteiger partial charge in [0, 0.05) is 6.20 Å². The van der Waals surface area contributed by atoms with Gasteiger partial charge in [0.15, 0.2) is 0 Å². The van der Waals surface area contributed by atoms with Crippen LogP contribution in [0, 0.1) is 0 Å². The molecule has 0 bridgehead atoms. The molecule has 0 saturated carbocycles. The van der Waals surface area contributed by atoms with Crippen molar-refractivity contribution in [2.45, 2.75) is 6.18 Å². The molecule has 0 saturated heterocycles. The Balaban J connectivity index is 2.02. The van der Waals surface area contributed by atoms with Crippen LogP contribution in [0.3, 0.4) is 0 Å². The molecule has 122 valence electrons. The summed E-state index contributed by atoms with van der Waals surface area (Å²) < 4.78 is 39.6. The average molecular weight is 350 g/mol. The molecule has 4 nitrogen and oxygen atoms in total. The van der Waals surface area contributed by atoms with E-state index in [0.29, 0.717) is 5.56 Å². The highest BCUT2D eigenvalue weighted by molar-refractivity contribution is 7.18. The fraction of sp³-hybridized carbons (Fsp3) is 0.0625. The third-order valence-electron chi connectivity index (χ3n) is 3.08. The van der Waals surface area contributed by atoms with Crippen LogP contribution < -0.4 is 4.99 Å². The van der Waals surface area contributed by atoms with Gasteiger partial charge in [-0.3, -0.25) is 4.98 Å². The van der Waals surface area contributed by atoms with E-state index in [4.69, 9.17) is 0 Å². The number of halogens is 3. The second kappa shape index (κ2) is 6.40. The lowest BCUT2D eigenvalue weighted by molar-refractivity contribution is -0.347. The number of benzene rings is 1. The maximum Gasteiger partial charge on any atom is 0.459 e. The third kappa shape index (κ3) is 3.43. The van der Waals surface area contributed by atoms with Gasteiger partial charge >= 0.3 is 11.3 Å². The van der Waals surface area contributed by atoms with Crippen LogP contribution in [0.4, 0.5) is 18.3 Å². The second-order valence-electron chi connectivity index (χ2n) is 4.76. The first-order valence-electron chi connectivity index (χ1n) is 6.82. The van der Waals surface area contributed by atoms with Gasteiger partial charge in [-0.1, -0.05) is 18.2 Å². The summed E-state index contributed by atoms with van der Waals surface area (Å²) in [6, 6.07) is 11.2. The first-order valence-corrected chi connectivity index (χ1v) is 7.64. The Hall–Kier alpha value is -2.74. The number of phenolic OH excluding ortho intramolecular Hbond substituents is 1. The number of aromatic hydroxyl groups is 1. The maximum absolute atomic E-state index is 13.2. The largest absolute Gasteiger partial charge is 0.507 e. The highest BCUT2D eigenvalue weighted by Gasteiger charge is 2.43. The lowest BCUT2D eigenvalue weighted by Crippen LogP contribution is -2.61. The molecular weight excluding hydrogens is 339 g/mol. The monoisotopic (exact) mass is 350 g/mol. The van der Waals surface area contributed by atoms with Crippen molar-refractivity contribution in [1.82, 2.24) is 9.97 Å². The highest BCUT2D eigenvalue weighted by Crippen LogP contribution is 2.39. The molecule has 8 heteroatoms. The molecule has 2 aromatic heterocycles. The van der Waals surface area contributed by atoms with Gasteiger partial charge < -0.3 is 5.11 Å². The van der Waals surface area contributed by atoms with Gasteiger partial charge in [0.25, 0.3) is 5.69 Å². The lowest BCUT2D eigenvalue weighted by Gasteiger charge is -2.01. The number of thiazole rings is 1. The molecule has 0 radical (unpaired) electrons. The van der Waals surface area contributed by atoms with Crippen LogP contribution in [-0.2, 0) is 6.18 Å². The number of hydrogen-bond donors (Lipinski definition) is 2. The zero-order valence-electron chi connectivity index (χ0n) is 12.1. The molecule has 1 aromatic carbocycles.